The van der Waals surface area contributed by atoms with Crippen molar-refractivity contribution in [3.63, 3.8) is 0 Å². The van der Waals surface area contributed by atoms with Gasteiger partial charge in [0, 0.05) is 156 Å². The summed E-state index contributed by atoms with van der Waals surface area (Å²) >= 11 is 0. The van der Waals surface area contributed by atoms with Crippen LogP contribution in [0.2, 0.25) is 0 Å². The van der Waals surface area contributed by atoms with Gasteiger partial charge in [-0.3, -0.25) is 28.8 Å². The average Bonchev–Trinajstić information content (AvgIpc) is 0.921. The molecule has 118 heavy (non-hydrogen) atoms. The lowest BCUT2D eigenvalue weighted by atomic mass is 10.1. The van der Waals surface area contributed by atoms with Crippen molar-refractivity contribution < 1.29 is 28.8 Å². The zero-order valence-electron chi connectivity index (χ0n) is 79.9. The van der Waals surface area contributed by atoms with Gasteiger partial charge in [-0.15, -0.1) is 0 Å². The number of unbranched alkanes of at least 4 members (excludes halogenated alkanes) is 60. The Morgan fingerprint density at radius 2 is 0.229 bits per heavy atom. The molecule has 0 saturated carbocycles. The smallest absolute Gasteiger partial charge is 0.221 e. The molecule has 0 heterocycles. The first-order valence-corrected chi connectivity index (χ1v) is 52.5. The molecule has 698 valence electrons. The lowest BCUT2D eigenvalue weighted by Crippen LogP contribution is -2.45. The van der Waals surface area contributed by atoms with Crippen molar-refractivity contribution in [2.24, 2.45) is 0 Å². The third-order valence-electron chi connectivity index (χ3n) is 24.7. The molecule has 0 rings (SSSR count). The Hall–Kier alpha value is -3.34. The van der Waals surface area contributed by atoms with Crippen LogP contribution in [0.3, 0.4) is 0 Å². The minimum Gasteiger partial charge on any atom is -0.356 e. The van der Waals surface area contributed by atoms with E-state index in [1.54, 1.807) is 0 Å². The molecule has 0 aliphatic carbocycles. The maximum Gasteiger partial charge on any atom is 0.221 e. The van der Waals surface area contributed by atoms with Crippen LogP contribution >= 0.6 is 0 Å². The largest absolute Gasteiger partial charge is 0.356 e. The van der Waals surface area contributed by atoms with Crippen LogP contribution in [0.25, 0.3) is 0 Å². The first kappa shape index (κ1) is 115. The van der Waals surface area contributed by atoms with Crippen LogP contribution in [0, 0.1) is 0 Å². The summed E-state index contributed by atoms with van der Waals surface area (Å²) in [4.78, 5) is 91.8. The van der Waals surface area contributed by atoms with E-state index in [-0.39, 0.29) is 35.4 Å². The van der Waals surface area contributed by atoms with Gasteiger partial charge in [0.15, 0.2) is 0 Å². The SMILES string of the molecule is CCCCCCCCCCCCCNC(=O)CCN(CCC(=O)NCCCCCCCCCCCCC)CCN(CCC(=O)NCCCCCCCCCCCCC)CCN(CCC(=O)NCCCCCCCCCCCCC)CCN(CCC(=O)NCCCCCCCCCCCCC)CCC(=O)NCCCCCCCCCCCCC. The first-order valence-electron chi connectivity index (χ1n) is 52.5. The van der Waals surface area contributed by atoms with E-state index in [4.69, 9.17) is 0 Å². The van der Waals surface area contributed by atoms with E-state index in [9.17, 15) is 28.8 Å². The first-order chi connectivity index (χ1) is 58.0. The van der Waals surface area contributed by atoms with Gasteiger partial charge in [-0.1, -0.05) is 427 Å². The number of amides is 6. The van der Waals surface area contributed by atoms with Gasteiger partial charge >= 0.3 is 0 Å². The van der Waals surface area contributed by atoms with Gasteiger partial charge in [0.05, 0.1) is 0 Å². The fourth-order valence-corrected chi connectivity index (χ4v) is 16.4. The fourth-order valence-electron chi connectivity index (χ4n) is 16.4. The molecule has 0 unspecified atom stereocenters. The van der Waals surface area contributed by atoms with Crippen molar-refractivity contribution in [1.82, 2.24) is 51.5 Å². The molecule has 0 aromatic rings. The van der Waals surface area contributed by atoms with Gasteiger partial charge < -0.3 is 51.5 Å². The Bertz CT molecular complexity index is 1890. The molecule has 0 aromatic heterocycles. The highest BCUT2D eigenvalue weighted by Crippen LogP contribution is 2.18. The standard InChI is InChI=1S/C102H204N10O6/c1-7-13-19-25-31-37-43-49-55-61-67-79-103-97(113)73-85-109(86-74-98(114)104-80-68-62-56-50-44-38-32-26-20-14-8-2)91-93-111(89-77-101(117)107-83-71-65-59-53-47-41-35-29-23-17-11-5)95-96-112(90-78-102(118)108-84-72-66-60-54-48-42-36-30-24-18-12-6)94-92-110(87-75-99(115)105-81-69-63-57-51-45-39-33-27-21-15-9-3)88-76-100(116)106-82-70-64-58-52-46-40-34-28-22-16-10-4/h7-96H2,1-6H3,(H,103,113)(H,104,114)(H,105,115)(H,106,116)(H,107,117)(H,108,118). The summed E-state index contributed by atoms with van der Waals surface area (Å²) in [5.41, 5.74) is 0. The summed E-state index contributed by atoms with van der Waals surface area (Å²) in [6.07, 6.45) is 85.5. The van der Waals surface area contributed by atoms with E-state index in [2.05, 4.69) is 93.0 Å². The van der Waals surface area contributed by atoms with Crippen molar-refractivity contribution in [2.45, 2.75) is 504 Å². The fraction of sp³-hybridized carbons (Fsp3) is 0.941. The predicted molar refractivity (Wildman–Crippen MR) is 510 cm³/mol. The van der Waals surface area contributed by atoms with Crippen molar-refractivity contribution in [2.75, 3.05) is 118 Å². The normalized spacial score (nSPS) is 11.6. The van der Waals surface area contributed by atoms with Crippen LogP contribution in [0.5, 0.6) is 0 Å². The molecule has 0 aliphatic rings. The van der Waals surface area contributed by atoms with Crippen molar-refractivity contribution in [1.29, 1.82) is 0 Å². The van der Waals surface area contributed by atoms with Gasteiger partial charge in [-0.25, -0.2) is 0 Å². The number of carbonyl (C=O) groups excluding carboxylic acids is 6. The molecule has 16 nitrogen and oxygen atoms in total. The molecular formula is C102H204N10O6. The van der Waals surface area contributed by atoms with Crippen molar-refractivity contribution in [3.05, 3.63) is 0 Å². The summed E-state index contributed by atoms with van der Waals surface area (Å²) < 4.78 is 0. The number of nitrogens with one attached hydrogen (secondary N) is 6. The highest BCUT2D eigenvalue weighted by molar-refractivity contribution is 5.78. The second-order valence-corrected chi connectivity index (χ2v) is 36.2. The molecule has 0 bridgehead atoms. The second-order valence-electron chi connectivity index (χ2n) is 36.2. The Kier molecular flexibility index (Phi) is 93.2. The van der Waals surface area contributed by atoms with Gasteiger partial charge in [0.25, 0.3) is 0 Å². The van der Waals surface area contributed by atoms with E-state index >= 15 is 0 Å². The van der Waals surface area contributed by atoms with E-state index in [0.717, 1.165) is 77.0 Å². The van der Waals surface area contributed by atoms with Crippen LogP contribution in [0.15, 0.2) is 0 Å². The third kappa shape index (κ3) is 89.0. The number of nitrogens with zero attached hydrogens (tertiary/aromatic N) is 4. The minimum atomic E-state index is 0.0531. The molecule has 6 N–H and O–H groups in total. The predicted octanol–water partition coefficient (Wildman–Crippen LogP) is 25.1. The van der Waals surface area contributed by atoms with Crippen LogP contribution in [0.1, 0.15) is 504 Å². The zero-order valence-corrected chi connectivity index (χ0v) is 79.9. The monoisotopic (exact) mass is 1670 g/mol. The molecule has 0 radical (unpaired) electrons. The van der Waals surface area contributed by atoms with Crippen LogP contribution in [0.4, 0.5) is 0 Å². The molecule has 0 spiro atoms. The lowest BCUT2D eigenvalue weighted by molar-refractivity contribution is -0.123. The Morgan fingerprint density at radius 1 is 0.136 bits per heavy atom. The average molecular weight is 1670 g/mol. The summed E-state index contributed by atoms with van der Waals surface area (Å²) in [7, 11) is 0. The topological polar surface area (TPSA) is 188 Å². The van der Waals surface area contributed by atoms with Gasteiger partial charge in [-0.2, -0.15) is 0 Å². The summed E-state index contributed by atoms with van der Waals surface area (Å²) in [5.74, 6) is 0.334. The van der Waals surface area contributed by atoms with Crippen molar-refractivity contribution >= 4 is 35.4 Å². The third-order valence-corrected chi connectivity index (χ3v) is 24.7. The van der Waals surface area contributed by atoms with Gasteiger partial charge in [0.2, 0.25) is 35.4 Å². The molecule has 16 heteroatoms. The molecule has 6 amide bonds. The summed E-state index contributed by atoms with van der Waals surface area (Å²) in [5, 5.41) is 19.5. The Balaban J connectivity index is 6.82. The number of hydrogen-bond acceptors (Lipinski definition) is 10. The Labute approximate surface area is 733 Å². The van der Waals surface area contributed by atoms with E-state index in [1.165, 1.54) is 347 Å². The highest BCUT2D eigenvalue weighted by atomic mass is 16.2. The number of hydrogen-bond donors (Lipinski definition) is 6. The van der Waals surface area contributed by atoms with E-state index in [1.807, 2.05) is 0 Å². The molecule has 0 fully saturated rings. The molecule has 0 aliphatic heterocycles. The van der Waals surface area contributed by atoms with E-state index in [0.29, 0.717) is 156 Å². The second kappa shape index (κ2) is 95.9. The maximum atomic E-state index is 13.9. The minimum absolute atomic E-state index is 0.0531. The number of carbonyl (C=O) groups is 6. The highest BCUT2D eigenvalue weighted by Gasteiger charge is 2.20. The maximum absolute atomic E-state index is 13.9. The summed E-state index contributed by atoms with van der Waals surface area (Å²) in [6.45, 7) is 24.9. The lowest BCUT2D eigenvalue weighted by Gasteiger charge is -2.31. The Morgan fingerprint density at radius 3 is 0.339 bits per heavy atom. The molecule has 0 atom stereocenters. The summed E-state index contributed by atoms with van der Waals surface area (Å²) in [6, 6.07) is 0. The number of rotatable bonds is 99. The van der Waals surface area contributed by atoms with Crippen LogP contribution < -0.4 is 31.9 Å². The van der Waals surface area contributed by atoms with E-state index < -0.39 is 0 Å². The van der Waals surface area contributed by atoms with Crippen LogP contribution in [-0.2, 0) is 28.8 Å². The van der Waals surface area contributed by atoms with Crippen LogP contribution in [-0.4, -0.2) is 173 Å². The zero-order chi connectivity index (χ0) is 85.7. The molecular weight excluding hydrogens is 1460 g/mol. The van der Waals surface area contributed by atoms with Gasteiger partial charge in [0.1, 0.15) is 0 Å². The quantitative estimate of drug-likeness (QED) is 0.0320. The molecule has 0 saturated heterocycles. The van der Waals surface area contributed by atoms with Gasteiger partial charge in [-0.05, 0) is 38.5 Å². The molecule has 0 aromatic carbocycles. The van der Waals surface area contributed by atoms with Crippen molar-refractivity contribution in [3.8, 4) is 0 Å².